The first-order chi connectivity index (χ1) is 11.3. The molecule has 3 rings (SSSR count). The SMILES string of the molecule is O=C(c1cc(F)cc(C(F)(F)F)c1)c1cc(Cl)ccc1C1CCC1. The van der Waals surface area contributed by atoms with Gasteiger partial charge in [-0.1, -0.05) is 24.1 Å². The van der Waals surface area contributed by atoms with Crippen LogP contribution in [0.5, 0.6) is 0 Å². The second-order valence-electron chi connectivity index (χ2n) is 5.91. The molecule has 0 bridgehead atoms. The van der Waals surface area contributed by atoms with Gasteiger partial charge in [0.25, 0.3) is 0 Å². The minimum atomic E-state index is -4.72. The largest absolute Gasteiger partial charge is 0.416 e. The van der Waals surface area contributed by atoms with E-state index in [0.717, 1.165) is 30.9 Å². The maximum atomic E-state index is 13.6. The topological polar surface area (TPSA) is 17.1 Å². The number of benzene rings is 2. The van der Waals surface area contributed by atoms with E-state index >= 15 is 0 Å². The molecule has 1 aliphatic rings. The summed E-state index contributed by atoms with van der Waals surface area (Å²) in [4.78, 5) is 12.7. The van der Waals surface area contributed by atoms with E-state index in [2.05, 4.69) is 0 Å². The molecular weight excluding hydrogens is 344 g/mol. The Kier molecular flexibility index (Phi) is 4.38. The third-order valence-corrected chi connectivity index (χ3v) is 4.53. The molecule has 2 aromatic carbocycles. The minimum absolute atomic E-state index is 0.192. The fourth-order valence-corrected chi connectivity index (χ4v) is 3.01. The van der Waals surface area contributed by atoms with Gasteiger partial charge >= 0.3 is 6.18 Å². The lowest BCUT2D eigenvalue weighted by molar-refractivity contribution is -0.137. The fraction of sp³-hybridized carbons (Fsp3) is 0.278. The molecule has 0 unspecified atom stereocenters. The Bertz CT molecular complexity index is 794. The van der Waals surface area contributed by atoms with Crippen molar-refractivity contribution in [2.45, 2.75) is 31.4 Å². The van der Waals surface area contributed by atoms with Crippen molar-refractivity contribution in [1.82, 2.24) is 0 Å². The van der Waals surface area contributed by atoms with Crippen molar-refractivity contribution in [2.75, 3.05) is 0 Å². The monoisotopic (exact) mass is 356 g/mol. The summed E-state index contributed by atoms with van der Waals surface area (Å²) in [6.45, 7) is 0. The van der Waals surface area contributed by atoms with Gasteiger partial charge in [0.2, 0.25) is 0 Å². The molecule has 1 nitrogen and oxygen atoms in total. The maximum Gasteiger partial charge on any atom is 0.416 e. The van der Waals surface area contributed by atoms with Crippen LogP contribution < -0.4 is 0 Å². The van der Waals surface area contributed by atoms with Gasteiger partial charge in [0.15, 0.2) is 5.78 Å². The summed E-state index contributed by atoms with van der Waals surface area (Å²) >= 11 is 5.94. The van der Waals surface area contributed by atoms with E-state index in [1.54, 1.807) is 12.1 Å². The first kappa shape index (κ1) is 17.0. The molecule has 6 heteroatoms. The highest BCUT2D eigenvalue weighted by Gasteiger charge is 2.32. The van der Waals surface area contributed by atoms with Crippen LogP contribution in [-0.4, -0.2) is 5.78 Å². The number of hydrogen-bond acceptors (Lipinski definition) is 1. The first-order valence-electron chi connectivity index (χ1n) is 7.47. The molecule has 1 aliphatic carbocycles. The normalized spacial score (nSPS) is 15.2. The molecule has 0 heterocycles. The van der Waals surface area contributed by atoms with Gasteiger partial charge in [-0.3, -0.25) is 4.79 Å². The van der Waals surface area contributed by atoms with E-state index in [1.165, 1.54) is 6.07 Å². The van der Waals surface area contributed by atoms with E-state index in [0.29, 0.717) is 17.2 Å². The van der Waals surface area contributed by atoms with Crippen LogP contribution >= 0.6 is 11.6 Å². The molecule has 24 heavy (non-hydrogen) atoms. The molecule has 0 atom stereocenters. The second kappa shape index (κ2) is 6.20. The molecule has 0 N–H and O–H groups in total. The number of rotatable bonds is 3. The lowest BCUT2D eigenvalue weighted by atomic mass is 9.77. The summed E-state index contributed by atoms with van der Waals surface area (Å²) in [5, 5.41) is 0.314. The van der Waals surface area contributed by atoms with Gasteiger partial charge in [-0.2, -0.15) is 13.2 Å². The molecular formula is C18H13ClF4O. The van der Waals surface area contributed by atoms with Crippen LogP contribution in [0.3, 0.4) is 0 Å². The van der Waals surface area contributed by atoms with Crippen LogP contribution in [0.2, 0.25) is 5.02 Å². The Labute approximate surface area is 141 Å². The zero-order valence-electron chi connectivity index (χ0n) is 12.5. The maximum absolute atomic E-state index is 13.6. The van der Waals surface area contributed by atoms with Crippen molar-refractivity contribution < 1.29 is 22.4 Å². The lowest BCUT2D eigenvalue weighted by Crippen LogP contribution is -2.15. The number of ketones is 1. The highest BCUT2D eigenvalue weighted by molar-refractivity contribution is 6.31. The summed E-state index contributed by atoms with van der Waals surface area (Å²) in [6, 6.07) is 6.69. The first-order valence-corrected chi connectivity index (χ1v) is 7.85. The van der Waals surface area contributed by atoms with E-state index in [1.807, 2.05) is 0 Å². The number of carbonyl (C=O) groups is 1. The van der Waals surface area contributed by atoms with Crippen LogP contribution in [0, 0.1) is 5.82 Å². The standard InChI is InChI=1S/C18H13ClF4O/c19-13-4-5-15(10-2-1-3-10)16(9-13)17(24)11-6-12(18(21,22)23)8-14(20)7-11/h4-10H,1-3H2. The Morgan fingerprint density at radius 1 is 1.08 bits per heavy atom. The molecule has 0 spiro atoms. The summed E-state index contributed by atoms with van der Waals surface area (Å²) < 4.78 is 52.1. The van der Waals surface area contributed by atoms with Crippen LogP contribution in [0.15, 0.2) is 36.4 Å². The molecule has 0 saturated heterocycles. The van der Waals surface area contributed by atoms with E-state index in [9.17, 15) is 22.4 Å². The van der Waals surface area contributed by atoms with Gasteiger partial charge in [0, 0.05) is 16.1 Å². The van der Waals surface area contributed by atoms with Gasteiger partial charge in [0.05, 0.1) is 5.56 Å². The predicted molar refractivity (Wildman–Crippen MR) is 82.9 cm³/mol. The summed E-state index contributed by atoms with van der Waals surface area (Å²) in [7, 11) is 0. The van der Waals surface area contributed by atoms with Gasteiger partial charge in [0.1, 0.15) is 5.82 Å². The second-order valence-corrected chi connectivity index (χ2v) is 6.35. The Morgan fingerprint density at radius 2 is 1.79 bits per heavy atom. The van der Waals surface area contributed by atoms with Crippen LogP contribution in [0.1, 0.15) is 52.2 Å². The van der Waals surface area contributed by atoms with Crippen molar-refractivity contribution in [3.63, 3.8) is 0 Å². The van der Waals surface area contributed by atoms with Crippen LogP contribution in [-0.2, 0) is 6.18 Å². The zero-order chi connectivity index (χ0) is 17.5. The molecule has 126 valence electrons. The molecule has 0 aliphatic heterocycles. The van der Waals surface area contributed by atoms with Gasteiger partial charge in [-0.25, -0.2) is 4.39 Å². The van der Waals surface area contributed by atoms with Gasteiger partial charge in [-0.05, 0) is 54.7 Å². The molecule has 1 fully saturated rings. The van der Waals surface area contributed by atoms with Crippen molar-refractivity contribution >= 4 is 17.4 Å². The third kappa shape index (κ3) is 3.31. The van der Waals surface area contributed by atoms with Crippen LogP contribution in [0.25, 0.3) is 0 Å². The molecule has 0 amide bonds. The van der Waals surface area contributed by atoms with Crippen molar-refractivity contribution in [3.8, 4) is 0 Å². The summed E-state index contributed by atoms with van der Waals surface area (Å²) in [5.41, 5.74) is -0.511. The Balaban J connectivity index is 2.06. The molecule has 2 aromatic rings. The van der Waals surface area contributed by atoms with Gasteiger partial charge < -0.3 is 0 Å². The smallest absolute Gasteiger partial charge is 0.289 e. The predicted octanol–water partition coefficient (Wildman–Crippen LogP) is 6.00. The van der Waals surface area contributed by atoms with Crippen molar-refractivity contribution in [1.29, 1.82) is 0 Å². The fourth-order valence-electron chi connectivity index (χ4n) is 2.84. The minimum Gasteiger partial charge on any atom is -0.289 e. The van der Waals surface area contributed by atoms with Crippen molar-refractivity contribution in [3.05, 3.63) is 69.5 Å². The summed E-state index contributed by atoms with van der Waals surface area (Å²) in [5.74, 6) is -1.55. The highest BCUT2D eigenvalue weighted by Crippen LogP contribution is 2.39. The molecule has 0 aromatic heterocycles. The molecule has 1 saturated carbocycles. The number of hydrogen-bond donors (Lipinski definition) is 0. The average molecular weight is 357 g/mol. The lowest BCUT2D eigenvalue weighted by Gasteiger charge is -2.27. The summed E-state index contributed by atoms with van der Waals surface area (Å²) in [6.07, 6.45) is -1.85. The quantitative estimate of drug-likeness (QED) is 0.487. The highest BCUT2D eigenvalue weighted by atomic mass is 35.5. The van der Waals surface area contributed by atoms with Crippen molar-refractivity contribution in [2.24, 2.45) is 0 Å². The third-order valence-electron chi connectivity index (χ3n) is 4.29. The number of alkyl halides is 3. The average Bonchev–Trinajstić information content (AvgIpc) is 2.45. The van der Waals surface area contributed by atoms with Gasteiger partial charge in [-0.15, -0.1) is 0 Å². The number of halogens is 5. The molecule has 0 radical (unpaired) electrons. The zero-order valence-corrected chi connectivity index (χ0v) is 13.2. The number of carbonyl (C=O) groups excluding carboxylic acids is 1. The Hall–Kier alpha value is -1.88. The van der Waals surface area contributed by atoms with E-state index in [-0.39, 0.29) is 17.0 Å². The van der Waals surface area contributed by atoms with Crippen LogP contribution in [0.4, 0.5) is 17.6 Å². The van der Waals surface area contributed by atoms with E-state index < -0.39 is 23.3 Å². The Morgan fingerprint density at radius 3 is 2.38 bits per heavy atom. The van der Waals surface area contributed by atoms with E-state index in [4.69, 9.17) is 11.6 Å².